The largest absolute Gasteiger partial charge is 0.326 e. The van der Waals surface area contributed by atoms with Crippen molar-refractivity contribution < 1.29 is 9.59 Å². The van der Waals surface area contributed by atoms with Crippen LogP contribution in [0.4, 0.5) is 0 Å². The first kappa shape index (κ1) is 15.9. The van der Waals surface area contributed by atoms with E-state index in [2.05, 4.69) is 0 Å². The topological polar surface area (TPSA) is 52.0 Å². The maximum absolute atomic E-state index is 12.6. The van der Waals surface area contributed by atoms with E-state index in [4.69, 9.17) is 4.98 Å². The van der Waals surface area contributed by atoms with E-state index >= 15 is 0 Å². The second-order valence-electron chi connectivity index (χ2n) is 6.46. The first-order valence-corrected chi connectivity index (χ1v) is 9.37. The number of thiophene rings is 1. The highest BCUT2D eigenvalue weighted by Crippen LogP contribution is 2.33. The molecule has 2 aromatic carbocycles. The average Bonchev–Trinajstić information content (AvgIpc) is 3.31. The smallest absolute Gasteiger partial charge is 0.197 e. The molecule has 130 valence electrons. The van der Waals surface area contributed by atoms with Gasteiger partial charge in [-0.15, -0.1) is 11.3 Å². The molecule has 5 heteroatoms. The molecular weight excluding hydrogens is 356 g/mol. The molecule has 1 aliphatic rings. The number of Topliss-reactive ketones (excluding diaryl/α,β-unsaturated/α-hetero) is 2. The zero-order valence-corrected chi connectivity index (χ0v) is 15.3. The molecule has 4 nitrogen and oxygen atoms in total. The van der Waals surface area contributed by atoms with Crippen LogP contribution in [0.15, 0.2) is 66.2 Å². The first-order valence-electron chi connectivity index (χ1n) is 8.55. The van der Waals surface area contributed by atoms with Crippen LogP contribution in [-0.2, 0) is 7.05 Å². The Balaban J connectivity index is 1.57. The van der Waals surface area contributed by atoms with Crippen LogP contribution in [0.2, 0.25) is 0 Å². The van der Waals surface area contributed by atoms with Crippen molar-refractivity contribution in [1.29, 1.82) is 0 Å². The number of aromatic nitrogens is 2. The van der Waals surface area contributed by atoms with Crippen molar-refractivity contribution in [3.63, 3.8) is 0 Å². The molecule has 0 fully saturated rings. The van der Waals surface area contributed by atoms with E-state index in [1.807, 2.05) is 48.0 Å². The zero-order valence-electron chi connectivity index (χ0n) is 14.5. The summed E-state index contributed by atoms with van der Waals surface area (Å²) in [5.41, 5.74) is 3.24. The SMILES string of the molecule is Cn1c(-c2ccccc2)nc2sc(C=C3C(=O)c4ccccc4C3=O)cc21. The van der Waals surface area contributed by atoms with Gasteiger partial charge in [-0.1, -0.05) is 54.6 Å². The molecule has 2 aromatic heterocycles. The predicted molar refractivity (Wildman–Crippen MR) is 107 cm³/mol. The van der Waals surface area contributed by atoms with Crippen molar-refractivity contribution in [2.45, 2.75) is 0 Å². The Morgan fingerprint density at radius 2 is 1.56 bits per heavy atom. The molecule has 2 heterocycles. The van der Waals surface area contributed by atoms with E-state index in [0.29, 0.717) is 11.1 Å². The van der Waals surface area contributed by atoms with Gasteiger partial charge in [-0.2, -0.15) is 0 Å². The van der Waals surface area contributed by atoms with E-state index in [1.165, 1.54) is 11.3 Å². The third-order valence-electron chi connectivity index (χ3n) is 4.82. The van der Waals surface area contributed by atoms with Gasteiger partial charge in [0.05, 0.1) is 11.1 Å². The molecule has 0 spiro atoms. The molecule has 0 amide bonds. The summed E-state index contributed by atoms with van der Waals surface area (Å²) in [5, 5.41) is 0. The monoisotopic (exact) mass is 370 g/mol. The Kier molecular flexibility index (Phi) is 3.45. The lowest BCUT2D eigenvalue weighted by molar-refractivity contribution is 0.0990. The predicted octanol–water partition coefficient (Wildman–Crippen LogP) is 4.76. The maximum atomic E-state index is 12.6. The van der Waals surface area contributed by atoms with Gasteiger partial charge in [-0.25, -0.2) is 4.98 Å². The second kappa shape index (κ2) is 5.86. The van der Waals surface area contributed by atoms with Crippen molar-refractivity contribution in [2.75, 3.05) is 0 Å². The number of ketones is 2. The molecule has 27 heavy (non-hydrogen) atoms. The van der Waals surface area contributed by atoms with Crippen LogP contribution in [0.5, 0.6) is 0 Å². The first-order chi connectivity index (χ1) is 13.1. The number of imidazole rings is 1. The van der Waals surface area contributed by atoms with E-state index in [1.54, 1.807) is 30.3 Å². The second-order valence-corrected chi connectivity index (χ2v) is 7.52. The summed E-state index contributed by atoms with van der Waals surface area (Å²) in [5.74, 6) is 0.494. The minimum atomic E-state index is -0.203. The normalized spacial score (nSPS) is 13.4. The van der Waals surface area contributed by atoms with Crippen LogP contribution in [0, 0.1) is 0 Å². The maximum Gasteiger partial charge on any atom is 0.197 e. The zero-order chi connectivity index (χ0) is 18.5. The van der Waals surface area contributed by atoms with E-state index < -0.39 is 0 Å². The Hall–Kier alpha value is -3.31. The number of fused-ring (bicyclic) bond motifs is 2. The van der Waals surface area contributed by atoms with Gasteiger partial charge in [0, 0.05) is 28.6 Å². The average molecular weight is 370 g/mol. The number of hydrogen-bond donors (Lipinski definition) is 0. The van der Waals surface area contributed by atoms with Crippen LogP contribution >= 0.6 is 11.3 Å². The van der Waals surface area contributed by atoms with Gasteiger partial charge >= 0.3 is 0 Å². The molecular formula is C22H14N2O2S. The highest BCUT2D eigenvalue weighted by atomic mass is 32.1. The molecule has 4 aromatic rings. The van der Waals surface area contributed by atoms with Gasteiger partial charge < -0.3 is 4.57 Å². The van der Waals surface area contributed by atoms with Crippen molar-refractivity contribution in [3.05, 3.63) is 82.2 Å². The summed E-state index contributed by atoms with van der Waals surface area (Å²) in [6, 6.07) is 19.0. The fourth-order valence-corrected chi connectivity index (χ4v) is 4.46. The fraction of sp³-hybridized carbons (Fsp3) is 0.0455. The molecule has 1 aliphatic carbocycles. The Morgan fingerprint density at radius 1 is 0.926 bits per heavy atom. The van der Waals surface area contributed by atoms with Gasteiger partial charge in [0.15, 0.2) is 11.6 Å². The van der Waals surface area contributed by atoms with Gasteiger partial charge in [0.25, 0.3) is 0 Å². The van der Waals surface area contributed by atoms with Crippen LogP contribution < -0.4 is 0 Å². The Bertz CT molecular complexity index is 1230. The van der Waals surface area contributed by atoms with Gasteiger partial charge in [-0.05, 0) is 12.1 Å². The van der Waals surface area contributed by atoms with Crippen molar-refractivity contribution in [3.8, 4) is 11.4 Å². The summed E-state index contributed by atoms with van der Waals surface area (Å²) in [4.78, 5) is 31.6. The highest BCUT2D eigenvalue weighted by molar-refractivity contribution is 7.19. The summed E-state index contributed by atoms with van der Waals surface area (Å²) < 4.78 is 2.04. The van der Waals surface area contributed by atoms with Crippen LogP contribution in [0.3, 0.4) is 0 Å². The summed E-state index contributed by atoms with van der Waals surface area (Å²) in [6.45, 7) is 0. The molecule has 0 unspecified atom stereocenters. The lowest BCUT2D eigenvalue weighted by atomic mass is 10.1. The Morgan fingerprint density at radius 3 is 2.19 bits per heavy atom. The number of rotatable bonds is 2. The van der Waals surface area contributed by atoms with Gasteiger partial charge in [0.1, 0.15) is 10.7 Å². The number of allylic oxidation sites excluding steroid dienone is 1. The van der Waals surface area contributed by atoms with Crippen LogP contribution in [-0.4, -0.2) is 21.1 Å². The molecule has 5 rings (SSSR count). The highest BCUT2D eigenvalue weighted by Gasteiger charge is 2.32. The molecule has 0 bridgehead atoms. The third-order valence-corrected chi connectivity index (χ3v) is 5.79. The van der Waals surface area contributed by atoms with Crippen molar-refractivity contribution in [1.82, 2.24) is 9.55 Å². The number of benzene rings is 2. The van der Waals surface area contributed by atoms with Crippen LogP contribution in [0.25, 0.3) is 27.8 Å². The minimum absolute atomic E-state index is 0.203. The standard InChI is InChI=1S/C22H14N2O2S/c1-24-18-12-14(27-22(18)23-21(24)13-7-3-2-4-8-13)11-17-19(25)15-9-5-6-10-16(15)20(17)26/h2-12H,1H3. The number of aryl methyl sites for hydroxylation is 1. The number of hydrogen-bond acceptors (Lipinski definition) is 4. The van der Waals surface area contributed by atoms with E-state index in [0.717, 1.165) is 26.6 Å². The molecule has 0 N–H and O–H groups in total. The summed E-state index contributed by atoms with van der Waals surface area (Å²) in [7, 11) is 1.98. The number of carbonyl (C=O) groups excluding carboxylic acids is 2. The summed E-state index contributed by atoms with van der Waals surface area (Å²) in [6.07, 6.45) is 1.69. The van der Waals surface area contributed by atoms with Crippen molar-refractivity contribution in [2.24, 2.45) is 7.05 Å². The lowest BCUT2D eigenvalue weighted by Gasteiger charge is -2.01. The number of carbonyl (C=O) groups is 2. The minimum Gasteiger partial charge on any atom is -0.326 e. The van der Waals surface area contributed by atoms with Gasteiger partial charge in [-0.3, -0.25) is 9.59 Å². The quantitative estimate of drug-likeness (QED) is 0.377. The summed E-state index contributed by atoms with van der Waals surface area (Å²) >= 11 is 1.48. The lowest BCUT2D eigenvalue weighted by Crippen LogP contribution is -1.99. The fourth-order valence-electron chi connectivity index (χ4n) is 3.46. The number of nitrogens with zero attached hydrogens (tertiary/aromatic N) is 2. The van der Waals surface area contributed by atoms with Gasteiger partial charge in [0.2, 0.25) is 0 Å². The molecule has 0 saturated heterocycles. The van der Waals surface area contributed by atoms with E-state index in [-0.39, 0.29) is 17.1 Å². The third kappa shape index (κ3) is 2.39. The van der Waals surface area contributed by atoms with Crippen LogP contribution in [0.1, 0.15) is 25.6 Å². The molecule has 0 atom stereocenters. The molecule has 0 radical (unpaired) electrons. The van der Waals surface area contributed by atoms with E-state index in [9.17, 15) is 9.59 Å². The molecule has 0 saturated carbocycles. The Labute approximate surface area is 159 Å². The molecule has 0 aliphatic heterocycles. The van der Waals surface area contributed by atoms with Crippen molar-refractivity contribution >= 4 is 39.3 Å².